The number of hydrogen-bond acceptors (Lipinski definition) is 4. The molecule has 3 rings (SSSR count). The van der Waals surface area contributed by atoms with Crippen molar-refractivity contribution < 1.29 is 9.90 Å². The summed E-state index contributed by atoms with van der Waals surface area (Å²) in [6.07, 6.45) is 0.802. The van der Waals surface area contributed by atoms with Crippen molar-refractivity contribution in [3.05, 3.63) is 38.7 Å². The van der Waals surface area contributed by atoms with Gasteiger partial charge in [-0.05, 0) is 37.0 Å². The van der Waals surface area contributed by atoms with Crippen LogP contribution in [0.15, 0.2) is 27.5 Å². The second-order valence-corrected chi connectivity index (χ2v) is 7.50. The quantitative estimate of drug-likeness (QED) is 0.830. The minimum Gasteiger partial charge on any atom is -0.393 e. The molecule has 1 amide bonds. The number of carbonyl (C=O) groups is 1. The molecule has 7 heteroatoms. The summed E-state index contributed by atoms with van der Waals surface area (Å²) in [5.74, 6) is -0.133. The number of nitrogens with zero attached hydrogens (tertiary/aromatic N) is 2. The molecule has 0 aliphatic heterocycles. The molecular formula is C17H20BrN3O3. The van der Waals surface area contributed by atoms with E-state index in [2.05, 4.69) is 26.3 Å². The minimum absolute atomic E-state index is 0.0100. The SMILES string of the molecule is CC(C)c1nn(CC(=O)NC2CC(O)C2)c(=O)c2ccc(Br)cc12. The molecule has 1 saturated carbocycles. The number of aliphatic hydroxyl groups is 1. The molecule has 1 aromatic heterocycles. The van der Waals surface area contributed by atoms with Gasteiger partial charge in [-0.2, -0.15) is 5.10 Å². The Balaban J connectivity index is 1.93. The number of benzene rings is 1. The predicted molar refractivity (Wildman–Crippen MR) is 95.0 cm³/mol. The molecule has 1 fully saturated rings. The first-order chi connectivity index (χ1) is 11.3. The van der Waals surface area contributed by atoms with Gasteiger partial charge < -0.3 is 10.4 Å². The van der Waals surface area contributed by atoms with Crippen LogP contribution in [-0.2, 0) is 11.3 Å². The molecule has 0 unspecified atom stereocenters. The average molecular weight is 394 g/mol. The average Bonchev–Trinajstić information content (AvgIpc) is 2.48. The van der Waals surface area contributed by atoms with Crippen LogP contribution in [0.25, 0.3) is 10.8 Å². The monoisotopic (exact) mass is 393 g/mol. The van der Waals surface area contributed by atoms with Gasteiger partial charge in [0.15, 0.2) is 0 Å². The van der Waals surface area contributed by atoms with E-state index in [9.17, 15) is 14.7 Å². The summed E-state index contributed by atoms with van der Waals surface area (Å²) in [6.45, 7) is 3.90. The molecule has 0 spiro atoms. The molecule has 1 aromatic carbocycles. The number of aliphatic hydroxyl groups excluding tert-OH is 1. The number of hydrogen-bond donors (Lipinski definition) is 2. The highest BCUT2D eigenvalue weighted by molar-refractivity contribution is 9.10. The summed E-state index contributed by atoms with van der Waals surface area (Å²) in [5, 5.41) is 17.9. The van der Waals surface area contributed by atoms with Gasteiger partial charge in [-0.3, -0.25) is 9.59 Å². The summed E-state index contributed by atoms with van der Waals surface area (Å²) in [4.78, 5) is 24.8. The van der Waals surface area contributed by atoms with Crippen molar-refractivity contribution in [2.24, 2.45) is 0 Å². The van der Waals surface area contributed by atoms with Gasteiger partial charge in [0.05, 0.1) is 17.2 Å². The largest absolute Gasteiger partial charge is 0.393 e. The van der Waals surface area contributed by atoms with Gasteiger partial charge in [0.25, 0.3) is 5.56 Å². The first kappa shape index (κ1) is 17.1. The Morgan fingerprint density at radius 1 is 1.42 bits per heavy atom. The summed E-state index contributed by atoms with van der Waals surface area (Å²) in [6, 6.07) is 5.45. The van der Waals surface area contributed by atoms with Gasteiger partial charge in [-0.1, -0.05) is 29.8 Å². The van der Waals surface area contributed by atoms with E-state index in [0.717, 1.165) is 15.6 Å². The van der Waals surface area contributed by atoms with E-state index in [1.807, 2.05) is 26.0 Å². The molecule has 24 heavy (non-hydrogen) atoms. The molecule has 1 heterocycles. The highest BCUT2D eigenvalue weighted by Crippen LogP contribution is 2.24. The standard InChI is InChI=1S/C17H20BrN3O3/c1-9(2)16-14-5-10(18)3-4-13(14)17(24)21(20-16)8-15(23)19-11-6-12(22)7-11/h3-5,9,11-12,22H,6-8H2,1-2H3,(H,19,23). The van der Waals surface area contributed by atoms with Gasteiger partial charge in [0.2, 0.25) is 5.91 Å². The molecule has 0 radical (unpaired) electrons. The molecule has 0 saturated heterocycles. The van der Waals surface area contributed by atoms with Crippen molar-refractivity contribution >= 4 is 32.6 Å². The minimum atomic E-state index is -0.331. The van der Waals surface area contributed by atoms with E-state index in [-0.39, 0.29) is 36.1 Å². The van der Waals surface area contributed by atoms with Crippen molar-refractivity contribution in [2.75, 3.05) is 0 Å². The number of rotatable bonds is 4. The summed E-state index contributed by atoms with van der Waals surface area (Å²) in [5.41, 5.74) is 0.517. The Morgan fingerprint density at radius 3 is 2.75 bits per heavy atom. The summed E-state index contributed by atoms with van der Waals surface area (Å²) >= 11 is 3.42. The van der Waals surface area contributed by atoms with Crippen molar-refractivity contribution in [3.8, 4) is 0 Å². The third-order valence-electron chi connectivity index (χ3n) is 4.27. The fourth-order valence-electron chi connectivity index (χ4n) is 2.93. The fourth-order valence-corrected chi connectivity index (χ4v) is 3.29. The Bertz CT molecular complexity index is 841. The number of aromatic nitrogens is 2. The molecule has 0 atom stereocenters. The van der Waals surface area contributed by atoms with E-state index < -0.39 is 0 Å². The lowest BCUT2D eigenvalue weighted by molar-refractivity contribution is -0.123. The lowest BCUT2D eigenvalue weighted by Gasteiger charge is -2.31. The van der Waals surface area contributed by atoms with E-state index in [0.29, 0.717) is 18.2 Å². The van der Waals surface area contributed by atoms with Crippen LogP contribution < -0.4 is 10.9 Å². The Labute approximate surface area is 148 Å². The second-order valence-electron chi connectivity index (χ2n) is 6.58. The van der Waals surface area contributed by atoms with Crippen LogP contribution in [0.5, 0.6) is 0 Å². The first-order valence-corrected chi connectivity index (χ1v) is 8.82. The molecular weight excluding hydrogens is 374 g/mol. The van der Waals surface area contributed by atoms with Gasteiger partial charge in [-0.15, -0.1) is 0 Å². The molecule has 1 aliphatic rings. The number of amides is 1. The van der Waals surface area contributed by atoms with Gasteiger partial charge in [0.1, 0.15) is 6.54 Å². The van der Waals surface area contributed by atoms with E-state index in [4.69, 9.17) is 0 Å². The second kappa shape index (κ2) is 6.64. The maximum atomic E-state index is 12.6. The molecule has 128 valence electrons. The first-order valence-electron chi connectivity index (χ1n) is 8.03. The molecule has 2 aromatic rings. The highest BCUT2D eigenvalue weighted by atomic mass is 79.9. The topological polar surface area (TPSA) is 84.2 Å². The van der Waals surface area contributed by atoms with Gasteiger partial charge >= 0.3 is 0 Å². The number of nitrogens with one attached hydrogen (secondary N) is 1. The summed E-state index contributed by atoms with van der Waals surface area (Å²) in [7, 11) is 0. The van der Waals surface area contributed by atoms with Crippen molar-refractivity contribution in [2.45, 2.75) is 51.3 Å². The Hall–Kier alpha value is -1.73. The van der Waals surface area contributed by atoms with Crippen LogP contribution in [-0.4, -0.2) is 32.9 Å². The molecule has 1 aliphatic carbocycles. The van der Waals surface area contributed by atoms with Crippen LogP contribution in [0, 0.1) is 0 Å². The summed E-state index contributed by atoms with van der Waals surface area (Å²) < 4.78 is 2.12. The van der Waals surface area contributed by atoms with Crippen LogP contribution in [0.3, 0.4) is 0 Å². The van der Waals surface area contributed by atoms with Crippen molar-refractivity contribution in [1.82, 2.24) is 15.1 Å². The zero-order valence-electron chi connectivity index (χ0n) is 13.6. The van der Waals surface area contributed by atoms with Crippen LogP contribution >= 0.6 is 15.9 Å². The lowest BCUT2D eigenvalue weighted by Crippen LogP contribution is -2.48. The molecule has 0 bridgehead atoms. The predicted octanol–water partition coefficient (Wildman–Crippen LogP) is 1.92. The van der Waals surface area contributed by atoms with E-state index in [1.54, 1.807) is 6.07 Å². The third kappa shape index (κ3) is 3.37. The normalized spacial score (nSPS) is 20.2. The van der Waals surface area contributed by atoms with E-state index in [1.165, 1.54) is 4.68 Å². The van der Waals surface area contributed by atoms with Gasteiger partial charge in [-0.25, -0.2) is 4.68 Å². The third-order valence-corrected chi connectivity index (χ3v) is 4.76. The maximum Gasteiger partial charge on any atom is 0.275 e. The van der Waals surface area contributed by atoms with Gasteiger partial charge in [0, 0.05) is 15.9 Å². The Kier molecular flexibility index (Phi) is 4.73. The Morgan fingerprint density at radius 2 is 2.12 bits per heavy atom. The fraction of sp³-hybridized carbons (Fsp3) is 0.471. The highest BCUT2D eigenvalue weighted by Gasteiger charge is 2.28. The van der Waals surface area contributed by atoms with Crippen LogP contribution in [0.4, 0.5) is 0 Å². The zero-order chi connectivity index (χ0) is 17.4. The number of carbonyl (C=O) groups excluding carboxylic acids is 1. The van der Waals surface area contributed by atoms with Crippen LogP contribution in [0.2, 0.25) is 0 Å². The number of fused-ring (bicyclic) bond motifs is 1. The lowest BCUT2D eigenvalue weighted by atomic mass is 9.89. The van der Waals surface area contributed by atoms with E-state index >= 15 is 0 Å². The van der Waals surface area contributed by atoms with Crippen LogP contribution in [0.1, 0.15) is 38.3 Å². The number of halogens is 1. The smallest absolute Gasteiger partial charge is 0.275 e. The molecule has 6 nitrogen and oxygen atoms in total. The zero-order valence-corrected chi connectivity index (χ0v) is 15.2. The van der Waals surface area contributed by atoms with Crippen molar-refractivity contribution in [1.29, 1.82) is 0 Å². The maximum absolute atomic E-state index is 12.6. The van der Waals surface area contributed by atoms with Crippen molar-refractivity contribution in [3.63, 3.8) is 0 Å². The molecule has 2 N–H and O–H groups in total.